The van der Waals surface area contributed by atoms with Crippen LogP contribution in [0, 0.1) is 5.92 Å². The smallest absolute Gasteiger partial charge is 0.0173 e. The predicted molar refractivity (Wildman–Crippen MR) is 54.4 cm³/mol. The average molecular weight is 188 g/mol. The molecule has 1 nitrogen and oxygen atoms in total. The highest BCUT2D eigenvalue weighted by molar-refractivity contribution is 6.25. The fourth-order valence-electron chi connectivity index (χ4n) is 1.41. The molecule has 0 aliphatic heterocycles. The third-order valence-electron chi connectivity index (χ3n) is 2.54. The third-order valence-corrected chi connectivity index (χ3v) is 2.92. The van der Waals surface area contributed by atoms with Gasteiger partial charge in [0.2, 0.25) is 0 Å². The maximum absolute atomic E-state index is 5.53. The lowest BCUT2D eigenvalue weighted by atomic mass is 9.83. The van der Waals surface area contributed by atoms with Gasteiger partial charge in [-0.05, 0) is 31.4 Å². The number of nitrogens with one attached hydrogen (secondary N) is 1. The molecule has 0 spiro atoms. The zero-order valence-corrected chi connectivity index (χ0v) is 8.53. The standard InChI is InChI=1S/C10H18ClN/c1-9(7-11)8-12-6-5-10-3-2-4-10/h7,10,12H,2-6,8H2,1H3. The first-order valence-corrected chi connectivity index (χ1v) is 5.23. The Kier molecular flexibility index (Phi) is 4.70. The van der Waals surface area contributed by atoms with Crippen molar-refractivity contribution in [1.29, 1.82) is 0 Å². The zero-order chi connectivity index (χ0) is 8.81. The Bertz CT molecular complexity index is 150. The average Bonchev–Trinajstić information content (AvgIpc) is 2.00. The molecule has 2 heteroatoms. The summed E-state index contributed by atoms with van der Waals surface area (Å²) in [7, 11) is 0. The molecule has 0 heterocycles. The second-order valence-electron chi connectivity index (χ2n) is 3.72. The van der Waals surface area contributed by atoms with Crippen LogP contribution in [0.3, 0.4) is 0 Å². The van der Waals surface area contributed by atoms with Gasteiger partial charge >= 0.3 is 0 Å². The second kappa shape index (κ2) is 5.60. The van der Waals surface area contributed by atoms with E-state index in [-0.39, 0.29) is 0 Å². The Morgan fingerprint density at radius 2 is 2.33 bits per heavy atom. The van der Waals surface area contributed by atoms with Gasteiger partial charge < -0.3 is 5.32 Å². The topological polar surface area (TPSA) is 12.0 Å². The quantitative estimate of drug-likeness (QED) is 0.653. The molecule has 1 rings (SSSR count). The first-order chi connectivity index (χ1) is 5.83. The van der Waals surface area contributed by atoms with Crippen molar-refractivity contribution in [2.75, 3.05) is 13.1 Å². The summed E-state index contributed by atoms with van der Waals surface area (Å²) in [6, 6.07) is 0. The molecule has 0 bridgehead atoms. The third kappa shape index (κ3) is 3.59. The van der Waals surface area contributed by atoms with Crippen molar-refractivity contribution in [3.63, 3.8) is 0 Å². The van der Waals surface area contributed by atoms with Crippen molar-refractivity contribution in [1.82, 2.24) is 5.32 Å². The van der Waals surface area contributed by atoms with E-state index in [1.54, 1.807) is 5.54 Å². The van der Waals surface area contributed by atoms with Crippen LogP contribution < -0.4 is 5.32 Å². The molecule has 0 unspecified atom stereocenters. The molecule has 0 radical (unpaired) electrons. The van der Waals surface area contributed by atoms with Crippen LogP contribution in [0.1, 0.15) is 32.6 Å². The first-order valence-electron chi connectivity index (χ1n) is 4.79. The Balaban J connectivity index is 1.88. The van der Waals surface area contributed by atoms with E-state index < -0.39 is 0 Å². The summed E-state index contributed by atoms with van der Waals surface area (Å²) >= 11 is 5.53. The van der Waals surface area contributed by atoms with E-state index >= 15 is 0 Å². The van der Waals surface area contributed by atoms with Gasteiger partial charge in [0.25, 0.3) is 0 Å². The minimum absolute atomic E-state index is 0.941. The van der Waals surface area contributed by atoms with E-state index in [2.05, 4.69) is 5.32 Å². The number of hydrogen-bond donors (Lipinski definition) is 1. The molecular weight excluding hydrogens is 170 g/mol. The molecule has 1 aliphatic rings. The molecule has 0 aromatic carbocycles. The normalized spacial score (nSPS) is 19.3. The lowest BCUT2D eigenvalue weighted by molar-refractivity contribution is 0.293. The van der Waals surface area contributed by atoms with Crippen LogP contribution in [0.25, 0.3) is 0 Å². The van der Waals surface area contributed by atoms with E-state index in [0.29, 0.717) is 0 Å². The zero-order valence-electron chi connectivity index (χ0n) is 7.78. The van der Waals surface area contributed by atoms with E-state index in [1.807, 2.05) is 6.92 Å². The van der Waals surface area contributed by atoms with E-state index in [9.17, 15) is 0 Å². The summed E-state index contributed by atoms with van der Waals surface area (Å²) in [5, 5.41) is 3.38. The van der Waals surface area contributed by atoms with Crippen molar-refractivity contribution < 1.29 is 0 Å². The van der Waals surface area contributed by atoms with Crippen molar-refractivity contribution in [2.24, 2.45) is 5.92 Å². The van der Waals surface area contributed by atoms with Crippen molar-refractivity contribution in [2.45, 2.75) is 32.6 Å². The molecule has 0 amide bonds. The number of halogens is 1. The molecule has 0 aromatic rings. The molecule has 1 saturated carbocycles. The summed E-state index contributed by atoms with van der Waals surface area (Å²) in [4.78, 5) is 0. The van der Waals surface area contributed by atoms with Gasteiger partial charge in [0, 0.05) is 12.1 Å². The van der Waals surface area contributed by atoms with Gasteiger partial charge in [-0.1, -0.05) is 30.9 Å². The molecule has 1 aliphatic carbocycles. The van der Waals surface area contributed by atoms with Gasteiger partial charge in [0.05, 0.1) is 0 Å². The molecular formula is C10H18ClN. The summed E-state index contributed by atoms with van der Waals surface area (Å²) in [6.07, 6.45) is 5.69. The second-order valence-corrected chi connectivity index (χ2v) is 3.94. The van der Waals surface area contributed by atoms with Crippen LogP contribution in [0.15, 0.2) is 11.1 Å². The molecule has 0 aromatic heterocycles. The Labute approximate surface area is 80.2 Å². The summed E-state index contributed by atoms with van der Waals surface area (Å²) < 4.78 is 0. The van der Waals surface area contributed by atoms with Crippen LogP contribution in [-0.2, 0) is 0 Å². The lowest BCUT2D eigenvalue weighted by Gasteiger charge is -2.25. The minimum atomic E-state index is 0.941. The highest BCUT2D eigenvalue weighted by atomic mass is 35.5. The van der Waals surface area contributed by atoms with Crippen molar-refractivity contribution in [3.05, 3.63) is 11.1 Å². The van der Waals surface area contributed by atoms with Gasteiger partial charge in [0.15, 0.2) is 0 Å². The SMILES string of the molecule is CC(=CCl)CNCCC1CCC1. The van der Waals surface area contributed by atoms with Crippen LogP contribution in [0.5, 0.6) is 0 Å². The van der Waals surface area contributed by atoms with Gasteiger partial charge in [-0.3, -0.25) is 0 Å². The van der Waals surface area contributed by atoms with E-state index in [0.717, 1.165) is 19.0 Å². The predicted octanol–water partition coefficient (Wildman–Crippen LogP) is 2.91. The van der Waals surface area contributed by atoms with Crippen LogP contribution in [-0.4, -0.2) is 13.1 Å². The molecule has 12 heavy (non-hydrogen) atoms. The van der Waals surface area contributed by atoms with Crippen molar-refractivity contribution in [3.8, 4) is 0 Å². The Hall–Kier alpha value is -0.0100. The molecule has 70 valence electrons. The Morgan fingerprint density at radius 3 is 2.83 bits per heavy atom. The number of hydrogen-bond acceptors (Lipinski definition) is 1. The monoisotopic (exact) mass is 187 g/mol. The maximum Gasteiger partial charge on any atom is 0.0173 e. The van der Waals surface area contributed by atoms with E-state index in [4.69, 9.17) is 11.6 Å². The fraction of sp³-hybridized carbons (Fsp3) is 0.800. The molecule has 0 saturated heterocycles. The molecule has 1 N–H and O–H groups in total. The van der Waals surface area contributed by atoms with Crippen LogP contribution in [0.2, 0.25) is 0 Å². The summed E-state index contributed by atoms with van der Waals surface area (Å²) in [6.45, 7) is 4.13. The highest BCUT2D eigenvalue weighted by Gasteiger charge is 2.15. The van der Waals surface area contributed by atoms with Gasteiger partial charge in [0.1, 0.15) is 0 Å². The highest BCUT2D eigenvalue weighted by Crippen LogP contribution is 2.28. The number of rotatable bonds is 5. The summed E-state index contributed by atoms with van der Waals surface area (Å²) in [5.41, 5.74) is 2.86. The maximum atomic E-state index is 5.53. The van der Waals surface area contributed by atoms with E-state index in [1.165, 1.54) is 31.3 Å². The minimum Gasteiger partial charge on any atom is -0.313 e. The Morgan fingerprint density at radius 1 is 1.58 bits per heavy atom. The lowest BCUT2D eigenvalue weighted by Crippen LogP contribution is -2.22. The molecule has 1 fully saturated rings. The van der Waals surface area contributed by atoms with Crippen LogP contribution >= 0.6 is 11.6 Å². The molecule has 0 atom stereocenters. The summed E-state index contributed by atoms with van der Waals surface area (Å²) in [5.74, 6) is 1.01. The van der Waals surface area contributed by atoms with Gasteiger partial charge in [-0.15, -0.1) is 0 Å². The van der Waals surface area contributed by atoms with Gasteiger partial charge in [-0.2, -0.15) is 0 Å². The first kappa shape index (κ1) is 10.1. The van der Waals surface area contributed by atoms with Crippen molar-refractivity contribution >= 4 is 11.6 Å². The van der Waals surface area contributed by atoms with Crippen LogP contribution in [0.4, 0.5) is 0 Å². The fourth-order valence-corrected chi connectivity index (χ4v) is 1.49. The largest absolute Gasteiger partial charge is 0.313 e. The van der Waals surface area contributed by atoms with Gasteiger partial charge in [-0.25, -0.2) is 0 Å².